The second kappa shape index (κ2) is 4.45. The molecule has 0 aliphatic carbocycles. The number of hydrogen-bond donors (Lipinski definition) is 0. The molecule has 1 unspecified atom stereocenters. The van der Waals surface area contributed by atoms with Crippen molar-refractivity contribution in [2.45, 2.75) is 66.1 Å². The molecule has 0 bridgehead atoms. The highest BCUT2D eigenvalue weighted by Crippen LogP contribution is 2.26. The molecule has 0 fully saturated rings. The van der Waals surface area contributed by atoms with Crippen molar-refractivity contribution in [3.05, 3.63) is 6.92 Å². The van der Waals surface area contributed by atoms with Gasteiger partial charge in [0.15, 0.2) is 0 Å². The van der Waals surface area contributed by atoms with E-state index >= 15 is 0 Å². The lowest BCUT2D eigenvalue weighted by molar-refractivity contribution is -0.0725. The van der Waals surface area contributed by atoms with Gasteiger partial charge in [-0.3, -0.25) is 0 Å². The molecule has 0 aliphatic heterocycles. The van der Waals surface area contributed by atoms with E-state index in [0.717, 1.165) is 12.8 Å². The van der Waals surface area contributed by atoms with Crippen LogP contribution >= 0.6 is 0 Å². The Morgan fingerprint density at radius 2 is 1.54 bits per heavy atom. The Balaban J connectivity index is 4.05. The van der Waals surface area contributed by atoms with Crippen molar-refractivity contribution in [1.29, 1.82) is 0 Å². The Kier molecular flexibility index (Phi) is 4.44. The van der Waals surface area contributed by atoms with E-state index in [0.29, 0.717) is 11.5 Å². The van der Waals surface area contributed by atoms with Gasteiger partial charge in [-0.2, -0.15) is 0 Å². The summed E-state index contributed by atoms with van der Waals surface area (Å²) in [4.78, 5) is 0. The van der Waals surface area contributed by atoms with Crippen molar-refractivity contribution in [2.24, 2.45) is 5.41 Å². The third-order valence-corrected chi connectivity index (χ3v) is 1.68. The topological polar surface area (TPSA) is 9.23 Å². The summed E-state index contributed by atoms with van der Waals surface area (Å²) in [5, 5.41) is 0. The summed E-state index contributed by atoms with van der Waals surface area (Å²) >= 11 is 0. The van der Waals surface area contributed by atoms with Crippen LogP contribution in [0, 0.1) is 12.3 Å². The van der Waals surface area contributed by atoms with E-state index in [1.807, 2.05) is 0 Å². The SMILES string of the molecule is [CH2]CC(CC(C)(C)C)OC(C)(C)C. The first kappa shape index (κ1) is 13.0. The summed E-state index contributed by atoms with van der Waals surface area (Å²) in [5.41, 5.74) is 0.279. The molecule has 0 heterocycles. The quantitative estimate of drug-likeness (QED) is 0.649. The van der Waals surface area contributed by atoms with Crippen LogP contribution in [0.5, 0.6) is 0 Å². The molecule has 1 atom stereocenters. The highest BCUT2D eigenvalue weighted by molar-refractivity contribution is 4.73. The average Bonchev–Trinajstić information content (AvgIpc) is 1.79. The molecule has 0 aliphatic rings. The van der Waals surface area contributed by atoms with Crippen LogP contribution in [-0.2, 0) is 4.74 Å². The van der Waals surface area contributed by atoms with E-state index in [2.05, 4.69) is 48.5 Å². The van der Waals surface area contributed by atoms with E-state index < -0.39 is 0 Å². The molecule has 0 saturated heterocycles. The molecule has 1 radical (unpaired) electrons. The van der Waals surface area contributed by atoms with Gasteiger partial charge in [0.05, 0.1) is 11.7 Å². The van der Waals surface area contributed by atoms with Crippen molar-refractivity contribution in [3.63, 3.8) is 0 Å². The van der Waals surface area contributed by atoms with Gasteiger partial charge < -0.3 is 4.74 Å². The predicted octanol–water partition coefficient (Wildman–Crippen LogP) is 3.83. The van der Waals surface area contributed by atoms with Crippen molar-refractivity contribution in [2.75, 3.05) is 0 Å². The molecule has 0 amide bonds. The van der Waals surface area contributed by atoms with Crippen molar-refractivity contribution in [3.8, 4) is 0 Å². The summed E-state index contributed by atoms with van der Waals surface area (Å²) < 4.78 is 5.90. The first-order valence-electron chi connectivity index (χ1n) is 5.11. The number of hydrogen-bond acceptors (Lipinski definition) is 1. The van der Waals surface area contributed by atoms with Crippen LogP contribution in [0.4, 0.5) is 0 Å². The van der Waals surface area contributed by atoms with E-state index in [9.17, 15) is 0 Å². The smallest absolute Gasteiger partial charge is 0.0602 e. The number of ether oxygens (including phenoxy) is 1. The Labute approximate surface area is 83.9 Å². The molecule has 13 heavy (non-hydrogen) atoms. The molecule has 0 N–H and O–H groups in total. The molecule has 0 saturated carbocycles. The van der Waals surface area contributed by atoms with Gasteiger partial charge in [0.1, 0.15) is 0 Å². The predicted molar refractivity (Wildman–Crippen MR) is 58.7 cm³/mol. The standard InChI is InChI=1S/C12H25O/c1-8-10(9-11(2,3)4)13-12(5,6)7/h10H,1,8-9H2,2-7H3. The minimum absolute atomic E-state index is 0.0480. The molecule has 0 rings (SSSR count). The fourth-order valence-corrected chi connectivity index (χ4v) is 1.39. The molecule has 1 heteroatoms. The van der Waals surface area contributed by atoms with Gasteiger partial charge in [-0.25, -0.2) is 0 Å². The van der Waals surface area contributed by atoms with Crippen LogP contribution in [0.3, 0.4) is 0 Å². The van der Waals surface area contributed by atoms with Gasteiger partial charge in [-0.15, -0.1) is 0 Å². The van der Waals surface area contributed by atoms with Crippen LogP contribution in [0.15, 0.2) is 0 Å². The van der Waals surface area contributed by atoms with Crippen LogP contribution in [-0.4, -0.2) is 11.7 Å². The van der Waals surface area contributed by atoms with Crippen molar-refractivity contribution < 1.29 is 4.74 Å². The Bertz CT molecular complexity index is 120. The molecule has 1 nitrogen and oxygen atoms in total. The molecule has 79 valence electrons. The van der Waals surface area contributed by atoms with Gasteiger partial charge in [0.25, 0.3) is 0 Å². The van der Waals surface area contributed by atoms with E-state index in [-0.39, 0.29) is 5.60 Å². The lowest BCUT2D eigenvalue weighted by Crippen LogP contribution is -2.30. The number of rotatable bonds is 3. The second-order valence-electron chi connectivity index (χ2n) is 5.91. The van der Waals surface area contributed by atoms with Crippen LogP contribution in [0.1, 0.15) is 54.4 Å². The lowest BCUT2D eigenvalue weighted by Gasteiger charge is -2.31. The molecule has 0 aromatic heterocycles. The second-order valence-corrected chi connectivity index (χ2v) is 5.91. The van der Waals surface area contributed by atoms with Crippen molar-refractivity contribution in [1.82, 2.24) is 0 Å². The summed E-state index contributed by atoms with van der Waals surface area (Å²) in [5.74, 6) is 0. The van der Waals surface area contributed by atoms with Crippen LogP contribution in [0.25, 0.3) is 0 Å². The minimum atomic E-state index is -0.0480. The third kappa shape index (κ3) is 8.29. The molecule has 0 aromatic carbocycles. The zero-order chi connectivity index (χ0) is 10.7. The fourth-order valence-electron chi connectivity index (χ4n) is 1.39. The minimum Gasteiger partial charge on any atom is -0.373 e. The van der Waals surface area contributed by atoms with Gasteiger partial charge in [-0.1, -0.05) is 27.7 Å². The molecular weight excluding hydrogens is 160 g/mol. The van der Waals surface area contributed by atoms with E-state index in [1.165, 1.54) is 0 Å². The van der Waals surface area contributed by atoms with Gasteiger partial charge in [0.2, 0.25) is 0 Å². The summed E-state index contributed by atoms with van der Waals surface area (Å²) in [6.07, 6.45) is 2.22. The molecule has 0 aromatic rings. The summed E-state index contributed by atoms with van der Waals surface area (Å²) in [7, 11) is 0. The maximum absolute atomic E-state index is 5.90. The maximum Gasteiger partial charge on any atom is 0.0602 e. The Morgan fingerprint density at radius 1 is 1.08 bits per heavy atom. The fraction of sp³-hybridized carbons (Fsp3) is 0.917. The van der Waals surface area contributed by atoms with E-state index in [4.69, 9.17) is 4.74 Å². The normalized spacial score (nSPS) is 15.9. The largest absolute Gasteiger partial charge is 0.373 e. The Hall–Kier alpha value is -0.0400. The van der Waals surface area contributed by atoms with E-state index in [1.54, 1.807) is 0 Å². The van der Waals surface area contributed by atoms with Crippen LogP contribution < -0.4 is 0 Å². The highest BCUT2D eigenvalue weighted by Gasteiger charge is 2.22. The summed E-state index contributed by atoms with van der Waals surface area (Å²) in [6.45, 7) is 16.9. The molecular formula is C12H25O. The zero-order valence-electron chi connectivity index (χ0n) is 10.1. The zero-order valence-corrected chi connectivity index (χ0v) is 10.1. The van der Waals surface area contributed by atoms with Gasteiger partial charge in [0, 0.05) is 0 Å². The monoisotopic (exact) mass is 185 g/mol. The van der Waals surface area contributed by atoms with Crippen LogP contribution in [0.2, 0.25) is 0 Å². The lowest BCUT2D eigenvalue weighted by atomic mass is 9.88. The van der Waals surface area contributed by atoms with Crippen molar-refractivity contribution >= 4 is 0 Å². The first-order valence-corrected chi connectivity index (χ1v) is 5.11. The first-order chi connectivity index (χ1) is 5.64. The Morgan fingerprint density at radius 3 is 1.77 bits per heavy atom. The average molecular weight is 185 g/mol. The molecule has 0 spiro atoms. The third-order valence-electron chi connectivity index (χ3n) is 1.68. The maximum atomic E-state index is 5.90. The summed E-state index contributed by atoms with van der Waals surface area (Å²) in [6, 6.07) is 0. The van der Waals surface area contributed by atoms with Gasteiger partial charge >= 0.3 is 0 Å². The highest BCUT2D eigenvalue weighted by atomic mass is 16.5. The van der Waals surface area contributed by atoms with Gasteiger partial charge in [-0.05, 0) is 39.0 Å².